The van der Waals surface area contributed by atoms with E-state index in [1.165, 1.54) is 0 Å². The molecule has 0 aliphatic carbocycles. The summed E-state index contributed by atoms with van der Waals surface area (Å²) < 4.78 is 16.8. The van der Waals surface area contributed by atoms with Crippen molar-refractivity contribution in [2.45, 2.75) is 24.8 Å². The first-order chi connectivity index (χ1) is 11.2. The fraction of sp³-hybridized carbons (Fsp3) is 0.368. The molecule has 23 heavy (non-hydrogen) atoms. The molecule has 1 unspecified atom stereocenters. The molecule has 0 aromatic heterocycles. The molecule has 4 heteroatoms. The fourth-order valence-electron chi connectivity index (χ4n) is 2.12. The monoisotopic (exact) mass is 378 g/mol. The molecule has 1 atom stereocenters. The molecule has 2 aromatic carbocycles. The highest BCUT2D eigenvalue weighted by Crippen LogP contribution is 2.31. The van der Waals surface area contributed by atoms with Gasteiger partial charge in [0.25, 0.3) is 0 Å². The molecule has 3 nitrogen and oxygen atoms in total. The molecule has 2 aromatic rings. The van der Waals surface area contributed by atoms with Crippen LogP contribution in [0.2, 0.25) is 0 Å². The second kappa shape index (κ2) is 9.58. The lowest BCUT2D eigenvalue weighted by Gasteiger charge is -2.13. The second-order valence-corrected chi connectivity index (χ2v) is 6.70. The van der Waals surface area contributed by atoms with E-state index >= 15 is 0 Å². The van der Waals surface area contributed by atoms with E-state index in [2.05, 4.69) is 35.0 Å². The first-order valence-corrected chi connectivity index (χ1v) is 8.68. The molecular weight excluding hydrogens is 356 g/mol. The number of rotatable bonds is 9. The van der Waals surface area contributed by atoms with E-state index in [0.717, 1.165) is 29.0 Å². The summed E-state index contributed by atoms with van der Waals surface area (Å²) in [5, 5.41) is 0. The first kappa shape index (κ1) is 17.8. The van der Waals surface area contributed by atoms with Crippen molar-refractivity contribution in [3.8, 4) is 11.5 Å². The van der Waals surface area contributed by atoms with Crippen LogP contribution in [0.5, 0.6) is 11.5 Å². The predicted molar refractivity (Wildman–Crippen MR) is 96.5 cm³/mol. The zero-order valence-corrected chi connectivity index (χ0v) is 15.2. The third kappa shape index (κ3) is 6.24. The van der Waals surface area contributed by atoms with Crippen molar-refractivity contribution >= 4 is 15.9 Å². The maximum Gasteiger partial charge on any atom is 0.123 e. The number of halogens is 1. The molecule has 124 valence electrons. The molecule has 0 bridgehead atoms. The smallest absolute Gasteiger partial charge is 0.123 e. The van der Waals surface area contributed by atoms with Gasteiger partial charge in [-0.15, -0.1) is 0 Å². The summed E-state index contributed by atoms with van der Waals surface area (Å²) in [6.07, 6.45) is 0.866. The summed E-state index contributed by atoms with van der Waals surface area (Å²) in [6, 6.07) is 16.2. The van der Waals surface area contributed by atoms with Crippen molar-refractivity contribution in [1.29, 1.82) is 0 Å². The van der Waals surface area contributed by atoms with Gasteiger partial charge in [0.15, 0.2) is 0 Å². The van der Waals surface area contributed by atoms with Crippen LogP contribution in [0.4, 0.5) is 0 Å². The zero-order valence-electron chi connectivity index (χ0n) is 13.6. The van der Waals surface area contributed by atoms with Crippen LogP contribution in [-0.4, -0.2) is 20.3 Å². The SMILES string of the molecule is COCCCOc1cc(OCc2ccccc2)cc(C(C)Br)c1. The van der Waals surface area contributed by atoms with Crippen molar-refractivity contribution in [2.24, 2.45) is 0 Å². The van der Waals surface area contributed by atoms with Crippen LogP contribution in [0.25, 0.3) is 0 Å². The van der Waals surface area contributed by atoms with Gasteiger partial charge in [0.2, 0.25) is 0 Å². The highest BCUT2D eigenvalue weighted by molar-refractivity contribution is 9.09. The van der Waals surface area contributed by atoms with Gasteiger partial charge >= 0.3 is 0 Å². The van der Waals surface area contributed by atoms with Crippen LogP contribution in [0.3, 0.4) is 0 Å². The summed E-state index contributed by atoms with van der Waals surface area (Å²) in [7, 11) is 1.70. The Morgan fingerprint density at radius 3 is 2.30 bits per heavy atom. The topological polar surface area (TPSA) is 27.7 Å². The standard InChI is InChI=1S/C19H23BrO3/c1-15(20)17-11-18(22-10-6-9-21-2)13-19(12-17)23-14-16-7-4-3-5-8-16/h3-5,7-8,11-13,15H,6,9-10,14H2,1-2H3. The van der Waals surface area contributed by atoms with Gasteiger partial charge in [0, 0.05) is 31.0 Å². The molecule has 0 radical (unpaired) electrons. The third-order valence-electron chi connectivity index (χ3n) is 3.37. The Balaban J connectivity index is 2.03. The van der Waals surface area contributed by atoms with E-state index < -0.39 is 0 Å². The average Bonchev–Trinajstić information content (AvgIpc) is 2.58. The van der Waals surface area contributed by atoms with E-state index in [1.54, 1.807) is 7.11 Å². The van der Waals surface area contributed by atoms with Gasteiger partial charge in [-0.3, -0.25) is 0 Å². The van der Waals surface area contributed by atoms with Gasteiger partial charge in [-0.05, 0) is 30.2 Å². The van der Waals surface area contributed by atoms with E-state index in [1.807, 2.05) is 36.4 Å². The molecule has 0 amide bonds. The Bertz CT molecular complexity index is 584. The largest absolute Gasteiger partial charge is 0.493 e. The Labute approximate surface area is 146 Å². The van der Waals surface area contributed by atoms with Crippen LogP contribution in [0, 0.1) is 0 Å². The quantitative estimate of drug-likeness (QED) is 0.446. The summed E-state index contributed by atoms with van der Waals surface area (Å²) in [5.74, 6) is 1.65. The summed E-state index contributed by atoms with van der Waals surface area (Å²) in [6.45, 7) is 3.97. The van der Waals surface area contributed by atoms with Crippen molar-refractivity contribution in [2.75, 3.05) is 20.3 Å². The molecule has 2 rings (SSSR count). The Hall–Kier alpha value is -1.52. The van der Waals surface area contributed by atoms with Crippen LogP contribution in [-0.2, 0) is 11.3 Å². The van der Waals surface area contributed by atoms with Crippen LogP contribution >= 0.6 is 15.9 Å². The van der Waals surface area contributed by atoms with E-state index in [9.17, 15) is 0 Å². The molecule has 0 N–H and O–H groups in total. The third-order valence-corrected chi connectivity index (χ3v) is 3.90. The number of ether oxygens (including phenoxy) is 3. The maximum absolute atomic E-state index is 5.93. The van der Waals surface area contributed by atoms with Crippen molar-refractivity contribution in [1.82, 2.24) is 0 Å². The van der Waals surface area contributed by atoms with Crippen LogP contribution in [0.1, 0.15) is 29.3 Å². The number of hydrogen-bond acceptors (Lipinski definition) is 3. The van der Waals surface area contributed by atoms with E-state index in [4.69, 9.17) is 14.2 Å². The predicted octanol–water partition coefficient (Wildman–Crippen LogP) is 5.14. The van der Waals surface area contributed by atoms with Gasteiger partial charge < -0.3 is 14.2 Å². The first-order valence-electron chi connectivity index (χ1n) is 7.76. The molecule has 0 saturated heterocycles. The highest BCUT2D eigenvalue weighted by atomic mass is 79.9. The molecule has 0 fully saturated rings. The minimum atomic E-state index is 0.240. The number of benzene rings is 2. The van der Waals surface area contributed by atoms with Crippen LogP contribution in [0.15, 0.2) is 48.5 Å². The second-order valence-electron chi connectivity index (χ2n) is 5.32. The van der Waals surface area contributed by atoms with Crippen molar-refractivity contribution in [3.05, 3.63) is 59.7 Å². The highest BCUT2D eigenvalue weighted by Gasteiger charge is 2.08. The lowest BCUT2D eigenvalue weighted by molar-refractivity contribution is 0.172. The Morgan fingerprint density at radius 2 is 1.65 bits per heavy atom. The van der Waals surface area contributed by atoms with Crippen molar-refractivity contribution < 1.29 is 14.2 Å². The maximum atomic E-state index is 5.93. The Kier molecular flexibility index (Phi) is 7.43. The number of hydrogen-bond donors (Lipinski definition) is 0. The fourth-order valence-corrected chi connectivity index (χ4v) is 2.39. The lowest BCUT2D eigenvalue weighted by atomic mass is 10.1. The summed E-state index contributed by atoms with van der Waals surface area (Å²) in [5.41, 5.74) is 2.28. The van der Waals surface area contributed by atoms with Gasteiger partial charge in [-0.1, -0.05) is 46.3 Å². The average molecular weight is 379 g/mol. The molecule has 0 heterocycles. The van der Waals surface area contributed by atoms with E-state index in [-0.39, 0.29) is 4.83 Å². The normalized spacial score (nSPS) is 12.0. The van der Waals surface area contributed by atoms with Gasteiger partial charge in [0.1, 0.15) is 18.1 Å². The molecule has 0 spiro atoms. The minimum absolute atomic E-state index is 0.240. The molecule has 0 aliphatic heterocycles. The minimum Gasteiger partial charge on any atom is -0.493 e. The summed E-state index contributed by atoms with van der Waals surface area (Å²) >= 11 is 3.61. The number of alkyl halides is 1. The zero-order chi connectivity index (χ0) is 16.5. The molecule has 0 saturated carbocycles. The molecular formula is C19H23BrO3. The van der Waals surface area contributed by atoms with E-state index in [0.29, 0.717) is 19.8 Å². The summed E-state index contributed by atoms with van der Waals surface area (Å²) in [4.78, 5) is 0.240. The lowest BCUT2D eigenvalue weighted by Crippen LogP contribution is -2.03. The van der Waals surface area contributed by atoms with Gasteiger partial charge in [0.05, 0.1) is 6.61 Å². The Morgan fingerprint density at radius 1 is 0.957 bits per heavy atom. The number of methoxy groups -OCH3 is 1. The van der Waals surface area contributed by atoms with Gasteiger partial charge in [-0.2, -0.15) is 0 Å². The van der Waals surface area contributed by atoms with Crippen LogP contribution < -0.4 is 9.47 Å². The van der Waals surface area contributed by atoms with Gasteiger partial charge in [-0.25, -0.2) is 0 Å². The van der Waals surface area contributed by atoms with Crippen molar-refractivity contribution in [3.63, 3.8) is 0 Å². The molecule has 0 aliphatic rings.